The Bertz CT molecular complexity index is 742. The summed E-state index contributed by atoms with van der Waals surface area (Å²) in [4.78, 5) is 0.168. The maximum Gasteiger partial charge on any atom is 0.108 e. The molecule has 1 heterocycles. The summed E-state index contributed by atoms with van der Waals surface area (Å²) >= 11 is 3.85. The molecule has 3 rings (SSSR count). The molecule has 0 saturated carbocycles. The van der Waals surface area contributed by atoms with E-state index in [9.17, 15) is 0 Å². The summed E-state index contributed by atoms with van der Waals surface area (Å²) in [5.74, 6) is 1.05. The van der Waals surface area contributed by atoms with Crippen molar-refractivity contribution in [3.05, 3.63) is 71.2 Å². The Balaban J connectivity index is 2.17. The van der Waals surface area contributed by atoms with Crippen molar-refractivity contribution in [3.63, 3.8) is 0 Å². The fourth-order valence-corrected chi connectivity index (χ4v) is 3.53. The van der Waals surface area contributed by atoms with Crippen molar-refractivity contribution >= 4 is 26.7 Å². The van der Waals surface area contributed by atoms with Crippen molar-refractivity contribution in [2.45, 2.75) is 25.1 Å². The maximum absolute atomic E-state index is 5.56. The highest BCUT2D eigenvalue weighted by molar-refractivity contribution is 9.09. The molecule has 0 radical (unpaired) electrons. The Morgan fingerprint density at radius 1 is 1.00 bits per heavy atom. The molecule has 1 unspecified atom stereocenters. The number of aryl methyl sites for hydroxylation is 2. The van der Waals surface area contributed by atoms with Crippen LogP contribution in [-0.2, 0) is 6.42 Å². The third kappa shape index (κ3) is 2.18. The lowest BCUT2D eigenvalue weighted by atomic mass is 9.95. The van der Waals surface area contributed by atoms with Gasteiger partial charge in [-0.3, -0.25) is 0 Å². The molecule has 0 N–H and O–H groups in total. The standard InChI is InChI=1S/C18H17BrO/c1-3-17-16(10-11-20-17)18(19)15-9-8-12(2)13-6-4-5-7-14(13)15/h4-11,18H,3H2,1-2H3. The van der Waals surface area contributed by atoms with Crippen LogP contribution in [0.5, 0.6) is 0 Å². The number of alkyl halides is 1. The van der Waals surface area contributed by atoms with E-state index in [0.717, 1.165) is 12.2 Å². The van der Waals surface area contributed by atoms with Gasteiger partial charge in [0.25, 0.3) is 0 Å². The molecule has 1 aromatic heterocycles. The molecule has 0 aliphatic rings. The number of halogens is 1. The van der Waals surface area contributed by atoms with Gasteiger partial charge in [0.05, 0.1) is 11.1 Å². The fraction of sp³-hybridized carbons (Fsp3) is 0.222. The zero-order valence-electron chi connectivity index (χ0n) is 11.7. The molecule has 0 amide bonds. The molecule has 0 aliphatic carbocycles. The van der Waals surface area contributed by atoms with Gasteiger partial charge in [-0.2, -0.15) is 0 Å². The van der Waals surface area contributed by atoms with Crippen LogP contribution in [0.4, 0.5) is 0 Å². The van der Waals surface area contributed by atoms with Gasteiger partial charge >= 0.3 is 0 Å². The molecule has 0 fully saturated rings. The second-order valence-corrected chi connectivity index (χ2v) is 5.95. The molecule has 0 saturated heterocycles. The molecular formula is C18H17BrO. The van der Waals surface area contributed by atoms with Crippen molar-refractivity contribution < 1.29 is 4.42 Å². The quantitative estimate of drug-likeness (QED) is 0.555. The minimum Gasteiger partial charge on any atom is -0.469 e. The molecule has 102 valence electrons. The first-order chi connectivity index (χ1) is 9.72. The Morgan fingerprint density at radius 3 is 2.50 bits per heavy atom. The largest absolute Gasteiger partial charge is 0.469 e. The van der Waals surface area contributed by atoms with Gasteiger partial charge < -0.3 is 4.42 Å². The van der Waals surface area contributed by atoms with Crippen molar-refractivity contribution in [1.29, 1.82) is 0 Å². The van der Waals surface area contributed by atoms with Gasteiger partial charge in [0.15, 0.2) is 0 Å². The normalized spacial score (nSPS) is 12.8. The van der Waals surface area contributed by atoms with Crippen molar-refractivity contribution in [3.8, 4) is 0 Å². The number of rotatable bonds is 3. The maximum atomic E-state index is 5.56. The average Bonchev–Trinajstić information content (AvgIpc) is 2.96. The van der Waals surface area contributed by atoms with Crippen LogP contribution in [0.3, 0.4) is 0 Å². The minimum atomic E-state index is 0.168. The third-order valence-corrected chi connectivity index (χ3v) is 4.81. The zero-order chi connectivity index (χ0) is 14.1. The summed E-state index contributed by atoms with van der Waals surface area (Å²) in [5.41, 5.74) is 3.83. The summed E-state index contributed by atoms with van der Waals surface area (Å²) in [7, 11) is 0. The van der Waals surface area contributed by atoms with Crippen LogP contribution in [0.2, 0.25) is 0 Å². The molecule has 20 heavy (non-hydrogen) atoms. The van der Waals surface area contributed by atoms with E-state index in [-0.39, 0.29) is 4.83 Å². The van der Waals surface area contributed by atoms with Crippen LogP contribution < -0.4 is 0 Å². The van der Waals surface area contributed by atoms with Gasteiger partial charge in [-0.05, 0) is 34.9 Å². The lowest BCUT2D eigenvalue weighted by Crippen LogP contribution is -1.96. The lowest BCUT2D eigenvalue weighted by Gasteiger charge is -2.14. The highest BCUT2D eigenvalue weighted by Crippen LogP contribution is 2.38. The summed E-state index contributed by atoms with van der Waals surface area (Å²) in [6, 6.07) is 15.0. The van der Waals surface area contributed by atoms with Gasteiger partial charge in [-0.1, -0.05) is 59.3 Å². The van der Waals surface area contributed by atoms with E-state index in [1.165, 1.54) is 27.5 Å². The fourth-order valence-electron chi connectivity index (χ4n) is 2.73. The van der Waals surface area contributed by atoms with E-state index >= 15 is 0 Å². The monoisotopic (exact) mass is 328 g/mol. The number of hydrogen-bond donors (Lipinski definition) is 0. The third-order valence-electron chi connectivity index (χ3n) is 3.82. The summed E-state index contributed by atoms with van der Waals surface area (Å²) < 4.78 is 5.56. The van der Waals surface area contributed by atoms with E-state index in [1.807, 2.05) is 0 Å². The Morgan fingerprint density at radius 2 is 1.75 bits per heavy atom. The molecule has 1 nitrogen and oxygen atoms in total. The molecule has 2 heteroatoms. The highest BCUT2D eigenvalue weighted by Gasteiger charge is 2.18. The molecule has 1 atom stereocenters. The second kappa shape index (κ2) is 5.45. The van der Waals surface area contributed by atoms with E-state index in [0.29, 0.717) is 0 Å². The van der Waals surface area contributed by atoms with E-state index in [2.05, 4.69) is 72.2 Å². The zero-order valence-corrected chi connectivity index (χ0v) is 13.3. The van der Waals surface area contributed by atoms with Crippen molar-refractivity contribution in [2.75, 3.05) is 0 Å². The first kappa shape index (κ1) is 13.4. The molecule has 2 aromatic carbocycles. The number of benzene rings is 2. The summed E-state index contributed by atoms with van der Waals surface area (Å²) in [6.45, 7) is 4.28. The van der Waals surface area contributed by atoms with Gasteiger partial charge in [-0.25, -0.2) is 0 Å². The predicted octanol–water partition coefficient (Wildman–Crippen LogP) is 5.79. The molecule has 3 aromatic rings. The highest BCUT2D eigenvalue weighted by atomic mass is 79.9. The molecule has 0 bridgehead atoms. The Kier molecular flexibility index (Phi) is 3.66. The molecule has 0 aliphatic heterocycles. The molecule has 0 spiro atoms. The van der Waals surface area contributed by atoms with E-state index < -0.39 is 0 Å². The topological polar surface area (TPSA) is 13.1 Å². The van der Waals surface area contributed by atoms with Gasteiger partial charge in [0, 0.05) is 12.0 Å². The number of furan rings is 1. The SMILES string of the molecule is CCc1occc1C(Br)c1ccc(C)c2ccccc12. The van der Waals surface area contributed by atoms with Crippen molar-refractivity contribution in [2.24, 2.45) is 0 Å². The van der Waals surface area contributed by atoms with Crippen LogP contribution >= 0.6 is 15.9 Å². The summed E-state index contributed by atoms with van der Waals surface area (Å²) in [5, 5.41) is 2.62. The van der Waals surface area contributed by atoms with Gasteiger partial charge in [-0.15, -0.1) is 0 Å². The number of fused-ring (bicyclic) bond motifs is 1. The van der Waals surface area contributed by atoms with E-state index in [1.54, 1.807) is 6.26 Å². The summed E-state index contributed by atoms with van der Waals surface area (Å²) in [6.07, 6.45) is 2.69. The Labute approximate surface area is 127 Å². The van der Waals surface area contributed by atoms with Crippen LogP contribution in [-0.4, -0.2) is 0 Å². The van der Waals surface area contributed by atoms with Gasteiger partial charge in [0.2, 0.25) is 0 Å². The lowest BCUT2D eigenvalue weighted by molar-refractivity contribution is 0.512. The first-order valence-electron chi connectivity index (χ1n) is 6.91. The second-order valence-electron chi connectivity index (χ2n) is 5.03. The Hall–Kier alpha value is -1.54. The van der Waals surface area contributed by atoms with Crippen LogP contribution in [0, 0.1) is 6.92 Å². The van der Waals surface area contributed by atoms with Crippen LogP contribution in [0.15, 0.2) is 53.1 Å². The van der Waals surface area contributed by atoms with Gasteiger partial charge in [0.1, 0.15) is 5.76 Å². The smallest absolute Gasteiger partial charge is 0.108 e. The van der Waals surface area contributed by atoms with Crippen LogP contribution in [0.25, 0.3) is 10.8 Å². The average molecular weight is 329 g/mol. The van der Waals surface area contributed by atoms with Crippen molar-refractivity contribution in [1.82, 2.24) is 0 Å². The first-order valence-corrected chi connectivity index (χ1v) is 7.82. The number of hydrogen-bond acceptors (Lipinski definition) is 1. The minimum absolute atomic E-state index is 0.168. The van der Waals surface area contributed by atoms with Crippen LogP contribution in [0.1, 0.15) is 34.2 Å². The van der Waals surface area contributed by atoms with E-state index in [4.69, 9.17) is 4.42 Å². The molecular weight excluding hydrogens is 312 g/mol. The predicted molar refractivity (Wildman–Crippen MR) is 87.5 cm³/mol.